The van der Waals surface area contributed by atoms with E-state index in [0.29, 0.717) is 6.61 Å². The fourth-order valence-electron chi connectivity index (χ4n) is 1.50. The number of nitrogens with one attached hydrogen (secondary N) is 1. The van der Waals surface area contributed by atoms with Crippen LogP contribution < -0.4 is 11.3 Å². The molecule has 0 aliphatic heterocycles. The molecule has 0 radical (unpaired) electrons. The minimum Gasteiger partial charge on any atom is -0.385 e. The summed E-state index contributed by atoms with van der Waals surface area (Å²) >= 11 is 0. The summed E-state index contributed by atoms with van der Waals surface area (Å²) in [6, 6.07) is 6.45. The topological polar surface area (TPSA) is 47.3 Å². The monoisotopic (exact) mass is 212 g/mol. The van der Waals surface area contributed by atoms with Crippen LogP contribution in [0, 0.1) is 5.82 Å². The second kappa shape index (κ2) is 6.50. The summed E-state index contributed by atoms with van der Waals surface area (Å²) < 4.78 is 17.9. The zero-order valence-corrected chi connectivity index (χ0v) is 8.87. The van der Waals surface area contributed by atoms with Crippen LogP contribution in [0.25, 0.3) is 0 Å². The fraction of sp³-hybridized carbons (Fsp3) is 0.455. The highest BCUT2D eigenvalue weighted by Gasteiger charge is 2.09. The van der Waals surface area contributed by atoms with Gasteiger partial charge in [-0.2, -0.15) is 0 Å². The molecule has 0 aromatic heterocycles. The van der Waals surface area contributed by atoms with Gasteiger partial charge in [-0.05, 0) is 30.5 Å². The summed E-state index contributed by atoms with van der Waals surface area (Å²) in [5.41, 5.74) is 3.55. The maximum Gasteiger partial charge on any atom is 0.123 e. The van der Waals surface area contributed by atoms with Crippen molar-refractivity contribution in [3.8, 4) is 0 Å². The first-order valence-corrected chi connectivity index (χ1v) is 4.98. The number of methoxy groups -OCH3 is 1. The van der Waals surface area contributed by atoms with Crippen LogP contribution in [-0.2, 0) is 4.74 Å². The molecule has 1 aromatic carbocycles. The van der Waals surface area contributed by atoms with Crippen molar-refractivity contribution in [3.05, 3.63) is 35.6 Å². The molecule has 0 heterocycles. The highest BCUT2D eigenvalue weighted by Crippen LogP contribution is 2.18. The molecule has 1 unspecified atom stereocenters. The Labute approximate surface area is 89.4 Å². The number of hydrazine groups is 1. The summed E-state index contributed by atoms with van der Waals surface area (Å²) in [6.07, 6.45) is 1.72. The van der Waals surface area contributed by atoms with E-state index in [-0.39, 0.29) is 11.9 Å². The van der Waals surface area contributed by atoms with Crippen molar-refractivity contribution < 1.29 is 9.13 Å². The van der Waals surface area contributed by atoms with E-state index in [2.05, 4.69) is 5.43 Å². The van der Waals surface area contributed by atoms with Crippen molar-refractivity contribution in [1.82, 2.24) is 5.43 Å². The van der Waals surface area contributed by atoms with Crippen molar-refractivity contribution in [2.75, 3.05) is 13.7 Å². The molecule has 0 bridgehead atoms. The number of rotatable bonds is 6. The average molecular weight is 212 g/mol. The van der Waals surface area contributed by atoms with E-state index in [0.717, 1.165) is 18.4 Å². The van der Waals surface area contributed by atoms with Gasteiger partial charge in [-0.1, -0.05) is 12.1 Å². The standard InChI is InChI=1S/C11H17FN2O/c1-15-7-3-6-11(14-13)9-4-2-5-10(12)8-9/h2,4-5,8,11,14H,3,6-7,13H2,1H3. The molecule has 0 aliphatic carbocycles. The summed E-state index contributed by atoms with van der Waals surface area (Å²) in [7, 11) is 1.66. The van der Waals surface area contributed by atoms with Crippen molar-refractivity contribution >= 4 is 0 Å². The molecule has 0 amide bonds. The first-order chi connectivity index (χ1) is 7.27. The van der Waals surface area contributed by atoms with Gasteiger partial charge >= 0.3 is 0 Å². The number of halogens is 1. The lowest BCUT2D eigenvalue weighted by Crippen LogP contribution is -2.28. The van der Waals surface area contributed by atoms with Crippen molar-refractivity contribution in [3.63, 3.8) is 0 Å². The first kappa shape index (κ1) is 12.1. The maximum atomic E-state index is 13.0. The molecular weight excluding hydrogens is 195 g/mol. The minimum atomic E-state index is -0.237. The smallest absolute Gasteiger partial charge is 0.123 e. The van der Waals surface area contributed by atoms with Gasteiger partial charge in [0.25, 0.3) is 0 Å². The lowest BCUT2D eigenvalue weighted by Gasteiger charge is -2.15. The molecule has 3 N–H and O–H groups in total. The lowest BCUT2D eigenvalue weighted by molar-refractivity contribution is 0.189. The lowest BCUT2D eigenvalue weighted by atomic mass is 10.0. The average Bonchev–Trinajstić information content (AvgIpc) is 2.24. The second-order valence-corrected chi connectivity index (χ2v) is 3.41. The Morgan fingerprint density at radius 3 is 2.93 bits per heavy atom. The van der Waals surface area contributed by atoms with E-state index in [1.807, 2.05) is 6.07 Å². The van der Waals surface area contributed by atoms with E-state index >= 15 is 0 Å². The molecular formula is C11H17FN2O. The van der Waals surface area contributed by atoms with Crippen LogP contribution in [0.4, 0.5) is 4.39 Å². The summed E-state index contributed by atoms with van der Waals surface area (Å²) in [5.74, 6) is 5.19. The van der Waals surface area contributed by atoms with E-state index in [9.17, 15) is 4.39 Å². The molecule has 0 saturated heterocycles. The van der Waals surface area contributed by atoms with Crippen LogP contribution in [0.1, 0.15) is 24.4 Å². The van der Waals surface area contributed by atoms with Crippen LogP contribution >= 0.6 is 0 Å². The predicted octanol–water partition coefficient (Wildman–Crippen LogP) is 1.76. The zero-order valence-electron chi connectivity index (χ0n) is 8.87. The van der Waals surface area contributed by atoms with Gasteiger partial charge < -0.3 is 4.74 Å². The molecule has 0 spiro atoms. The van der Waals surface area contributed by atoms with E-state index in [1.54, 1.807) is 13.2 Å². The highest BCUT2D eigenvalue weighted by molar-refractivity contribution is 5.19. The number of benzene rings is 1. The number of ether oxygens (including phenoxy) is 1. The van der Waals surface area contributed by atoms with Gasteiger partial charge in [0.1, 0.15) is 5.82 Å². The molecule has 1 atom stereocenters. The Hall–Kier alpha value is -0.970. The van der Waals surface area contributed by atoms with Gasteiger partial charge in [0.15, 0.2) is 0 Å². The van der Waals surface area contributed by atoms with E-state index in [4.69, 9.17) is 10.6 Å². The van der Waals surface area contributed by atoms with Gasteiger partial charge in [0, 0.05) is 19.8 Å². The minimum absolute atomic E-state index is 0.0177. The van der Waals surface area contributed by atoms with Crippen LogP contribution in [0.3, 0.4) is 0 Å². The predicted molar refractivity (Wildman–Crippen MR) is 57.6 cm³/mol. The fourth-order valence-corrected chi connectivity index (χ4v) is 1.50. The Kier molecular flexibility index (Phi) is 5.25. The third kappa shape index (κ3) is 3.95. The van der Waals surface area contributed by atoms with Crippen molar-refractivity contribution in [2.45, 2.75) is 18.9 Å². The van der Waals surface area contributed by atoms with Gasteiger partial charge in [-0.25, -0.2) is 4.39 Å². The molecule has 15 heavy (non-hydrogen) atoms. The summed E-state index contributed by atoms with van der Waals surface area (Å²) in [4.78, 5) is 0. The summed E-state index contributed by atoms with van der Waals surface area (Å²) in [6.45, 7) is 0.688. The normalized spacial score (nSPS) is 12.7. The maximum absolute atomic E-state index is 13.0. The molecule has 0 fully saturated rings. The van der Waals surface area contributed by atoms with Crippen molar-refractivity contribution in [2.24, 2.45) is 5.84 Å². The van der Waals surface area contributed by atoms with Crippen LogP contribution in [0.15, 0.2) is 24.3 Å². The number of hydrogen-bond donors (Lipinski definition) is 2. The Morgan fingerprint density at radius 2 is 2.33 bits per heavy atom. The Balaban J connectivity index is 2.57. The molecule has 0 saturated carbocycles. The highest BCUT2D eigenvalue weighted by atomic mass is 19.1. The van der Waals surface area contributed by atoms with Crippen molar-refractivity contribution in [1.29, 1.82) is 0 Å². The van der Waals surface area contributed by atoms with Crippen LogP contribution in [0.5, 0.6) is 0 Å². The quantitative estimate of drug-likeness (QED) is 0.429. The van der Waals surface area contributed by atoms with E-state index in [1.165, 1.54) is 12.1 Å². The van der Waals surface area contributed by atoms with Crippen LogP contribution in [-0.4, -0.2) is 13.7 Å². The number of nitrogens with two attached hydrogens (primary N) is 1. The molecule has 1 aromatic rings. The SMILES string of the molecule is COCCCC(NN)c1cccc(F)c1. The first-order valence-electron chi connectivity index (χ1n) is 4.98. The molecule has 84 valence electrons. The summed E-state index contributed by atoms with van der Waals surface area (Å²) in [5, 5.41) is 0. The molecule has 3 nitrogen and oxygen atoms in total. The van der Waals surface area contributed by atoms with Crippen LogP contribution in [0.2, 0.25) is 0 Å². The number of hydrogen-bond acceptors (Lipinski definition) is 3. The van der Waals surface area contributed by atoms with Gasteiger partial charge in [-0.15, -0.1) is 0 Å². The largest absolute Gasteiger partial charge is 0.385 e. The third-order valence-electron chi connectivity index (χ3n) is 2.29. The molecule has 4 heteroatoms. The zero-order chi connectivity index (χ0) is 11.1. The van der Waals surface area contributed by atoms with Gasteiger partial charge in [-0.3, -0.25) is 11.3 Å². The second-order valence-electron chi connectivity index (χ2n) is 3.41. The molecule has 1 rings (SSSR count). The Morgan fingerprint density at radius 1 is 1.53 bits per heavy atom. The molecule has 0 aliphatic rings. The Bertz CT molecular complexity index is 294. The van der Waals surface area contributed by atoms with E-state index < -0.39 is 0 Å². The third-order valence-corrected chi connectivity index (χ3v) is 2.29. The van der Waals surface area contributed by atoms with Gasteiger partial charge in [0.05, 0.1) is 0 Å². The van der Waals surface area contributed by atoms with Gasteiger partial charge in [0.2, 0.25) is 0 Å².